The zero-order valence-electron chi connectivity index (χ0n) is 15.5. The first-order chi connectivity index (χ1) is 13.2. The van der Waals surface area contributed by atoms with Gasteiger partial charge in [0.15, 0.2) is 5.65 Å². The molecule has 0 spiro atoms. The maximum atomic E-state index is 4.55. The number of hydrogen-bond donors (Lipinski definition) is 1. The molecule has 0 radical (unpaired) electrons. The summed E-state index contributed by atoms with van der Waals surface area (Å²) >= 11 is 0. The molecule has 0 saturated heterocycles. The Kier molecular flexibility index (Phi) is 4.70. The van der Waals surface area contributed by atoms with E-state index < -0.39 is 0 Å². The summed E-state index contributed by atoms with van der Waals surface area (Å²) in [4.78, 5) is 10.8. The van der Waals surface area contributed by atoms with E-state index in [1.807, 2.05) is 49.3 Å². The van der Waals surface area contributed by atoms with Crippen LogP contribution in [0.5, 0.6) is 0 Å². The molecule has 0 aliphatic carbocycles. The third kappa shape index (κ3) is 3.60. The van der Waals surface area contributed by atoms with Crippen molar-refractivity contribution >= 4 is 17.2 Å². The van der Waals surface area contributed by atoms with Gasteiger partial charge < -0.3 is 10.2 Å². The first-order valence-corrected chi connectivity index (χ1v) is 8.95. The van der Waals surface area contributed by atoms with Gasteiger partial charge in [-0.25, -0.2) is 4.98 Å². The topological polar surface area (TPSA) is 58.4 Å². The normalized spacial score (nSPS) is 10.9. The third-order valence-electron chi connectivity index (χ3n) is 4.54. The molecule has 4 rings (SSSR count). The molecule has 0 saturated carbocycles. The second-order valence-electron chi connectivity index (χ2n) is 6.60. The number of nitrogens with zero attached hydrogens (tertiary/aromatic N) is 5. The number of anilines is 2. The number of fused-ring (bicyclic) bond motifs is 1. The van der Waals surface area contributed by atoms with Crippen molar-refractivity contribution in [3.63, 3.8) is 0 Å². The standard InChI is InChI=1S/C21H22N6/c1-26(2)18-7-5-17(6-8-18)19-15-25-27-20(10-13-24-21(19)27)23-12-9-16-4-3-11-22-14-16/h3-8,10-11,13-15,23H,9,12H2,1-2H3. The summed E-state index contributed by atoms with van der Waals surface area (Å²) in [6, 6.07) is 14.4. The van der Waals surface area contributed by atoms with E-state index in [2.05, 4.69) is 55.6 Å². The second-order valence-corrected chi connectivity index (χ2v) is 6.60. The van der Waals surface area contributed by atoms with Crippen molar-refractivity contribution in [2.45, 2.75) is 6.42 Å². The fourth-order valence-corrected chi connectivity index (χ4v) is 3.05. The SMILES string of the molecule is CN(C)c1ccc(-c2cnn3c(NCCc4cccnc4)ccnc23)cc1. The molecule has 0 atom stereocenters. The van der Waals surface area contributed by atoms with Crippen LogP contribution in [0.25, 0.3) is 16.8 Å². The van der Waals surface area contributed by atoms with Crippen molar-refractivity contribution in [1.82, 2.24) is 19.6 Å². The van der Waals surface area contributed by atoms with Gasteiger partial charge in [-0.2, -0.15) is 9.61 Å². The summed E-state index contributed by atoms with van der Waals surface area (Å²) in [6.07, 6.45) is 8.28. The predicted octanol–water partition coefficient (Wildman–Crippen LogP) is 3.51. The van der Waals surface area contributed by atoms with Gasteiger partial charge in [0.2, 0.25) is 0 Å². The number of benzene rings is 1. The first-order valence-electron chi connectivity index (χ1n) is 8.95. The average molecular weight is 358 g/mol. The molecule has 0 unspecified atom stereocenters. The van der Waals surface area contributed by atoms with Gasteiger partial charge >= 0.3 is 0 Å². The summed E-state index contributed by atoms with van der Waals surface area (Å²) < 4.78 is 1.86. The molecule has 4 aromatic rings. The first kappa shape index (κ1) is 17.0. The Hall–Kier alpha value is -3.41. The monoisotopic (exact) mass is 358 g/mol. The highest BCUT2D eigenvalue weighted by Crippen LogP contribution is 2.26. The van der Waals surface area contributed by atoms with Crippen LogP contribution in [0.15, 0.2) is 67.3 Å². The van der Waals surface area contributed by atoms with E-state index in [1.165, 1.54) is 11.3 Å². The number of nitrogens with one attached hydrogen (secondary N) is 1. The Labute approximate surface area is 158 Å². The molecule has 0 bridgehead atoms. The maximum absolute atomic E-state index is 4.55. The maximum Gasteiger partial charge on any atom is 0.165 e. The van der Waals surface area contributed by atoms with Gasteiger partial charge in [-0.3, -0.25) is 4.98 Å². The lowest BCUT2D eigenvalue weighted by Crippen LogP contribution is -2.09. The number of rotatable bonds is 6. The summed E-state index contributed by atoms with van der Waals surface area (Å²) in [5.74, 6) is 0.931. The largest absolute Gasteiger partial charge is 0.378 e. The van der Waals surface area contributed by atoms with Gasteiger partial charge in [0, 0.05) is 50.5 Å². The second kappa shape index (κ2) is 7.45. The molecule has 0 amide bonds. The van der Waals surface area contributed by atoms with E-state index in [0.29, 0.717) is 0 Å². The molecule has 3 heterocycles. The van der Waals surface area contributed by atoms with Gasteiger partial charge in [-0.1, -0.05) is 18.2 Å². The fraction of sp³-hybridized carbons (Fsp3) is 0.190. The molecule has 0 fully saturated rings. The van der Waals surface area contributed by atoms with Gasteiger partial charge in [-0.05, 0) is 41.8 Å². The van der Waals surface area contributed by atoms with Crippen molar-refractivity contribution in [1.29, 1.82) is 0 Å². The highest BCUT2D eigenvalue weighted by molar-refractivity contribution is 5.78. The molecule has 0 aliphatic rings. The highest BCUT2D eigenvalue weighted by Gasteiger charge is 2.10. The van der Waals surface area contributed by atoms with E-state index in [-0.39, 0.29) is 0 Å². The number of pyridine rings is 1. The Bertz CT molecular complexity index is 1020. The van der Waals surface area contributed by atoms with Crippen LogP contribution in [-0.2, 0) is 6.42 Å². The lowest BCUT2D eigenvalue weighted by atomic mass is 10.1. The number of aromatic nitrogens is 4. The van der Waals surface area contributed by atoms with Gasteiger partial charge in [0.05, 0.1) is 6.20 Å². The molecule has 1 N–H and O–H groups in total. The van der Waals surface area contributed by atoms with Crippen LogP contribution in [0.3, 0.4) is 0 Å². The minimum absolute atomic E-state index is 0.803. The molecule has 136 valence electrons. The summed E-state index contributed by atoms with van der Waals surface area (Å²) in [6.45, 7) is 0.803. The molecule has 6 heteroatoms. The zero-order chi connectivity index (χ0) is 18.6. The van der Waals surface area contributed by atoms with E-state index >= 15 is 0 Å². The van der Waals surface area contributed by atoms with E-state index in [1.54, 1.807) is 6.20 Å². The zero-order valence-corrected chi connectivity index (χ0v) is 15.5. The quantitative estimate of drug-likeness (QED) is 0.572. The van der Waals surface area contributed by atoms with Crippen LogP contribution in [-0.4, -0.2) is 40.2 Å². The molecule has 3 aromatic heterocycles. The lowest BCUT2D eigenvalue weighted by Gasteiger charge is -2.12. The fourth-order valence-electron chi connectivity index (χ4n) is 3.05. The van der Waals surface area contributed by atoms with Gasteiger partial charge in [0.1, 0.15) is 5.82 Å². The van der Waals surface area contributed by atoms with E-state index in [4.69, 9.17) is 0 Å². The van der Waals surface area contributed by atoms with Crippen LogP contribution in [0.4, 0.5) is 11.5 Å². The molecule has 0 aliphatic heterocycles. The van der Waals surface area contributed by atoms with Crippen molar-refractivity contribution in [3.8, 4) is 11.1 Å². The summed E-state index contributed by atoms with van der Waals surface area (Å²) in [7, 11) is 4.07. The van der Waals surface area contributed by atoms with Crippen molar-refractivity contribution in [2.24, 2.45) is 0 Å². The van der Waals surface area contributed by atoms with Crippen molar-refractivity contribution in [3.05, 3.63) is 72.8 Å². The predicted molar refractivity (Wildman–Crippen MR) is 109 cm³/mol. The average Bonchev–Trinajstić information content (AvgIpc) is 3.14. The van der Waals surface area contributed by atoms with E-state index in [0.717, 1.165) is 35.6 Å². The smallest absolute Gasteiger partial charge is 0.165 e. The van der Waals surface area contributed by atoms with Crippen LogP contribution >= 0.6 is 0 Å². The molecule has 27 heavy (non-hydrogen) atoms. The van der Waals surface area contributed by atoms with Crippen molar-refractivity contribution < 1.29 is 0 Å². The van der Waals surface area contributed by atoms with Crippen LogP contribution < -0.4 is 10.2 Å². The third-order valence-corrected chi connectivity index (χ3v) is 4.54. The van der Waals surface area contributed by atoms with Crippen LogP contribution in [0.1, 0.15) is 5.56 Å². The van der Waals surface area contributed by atoms with Crippen LogP contribution in [0.2, 0.25) is 0 Å². The Morgan fingerprint density at radius 2 is 1.85 bits per heavy atom. The minimum atomic E-state index is 0.803. The molecule has 1 aromatic carbocycles. The lowest BCUT2D eigenvalue weighted by molar-refractivity contribution is 0.911. The van der Waals surface area contributed by atoms with Gasteiger partial charge in [-0.15, -0.1) is 0 Å². The summed E-state index contributed by atoms with van der Waals surface area (Å²) in [5, 5.41) is 8.00. The van der Waals surface area contributed by atoms with Crippen LogP contribution in [0, 0.1) is 0 Å². The Morgan fingerprint density at radius 1 is 1.00 bits per heavy atom. The number of hydrogen-bond acceptors (Lipinski definition) is 5. The minimum Gasteiger partial charge on any atom is -0.378 e. The molecule has 6 nitrogen and oxygen atoms in total. The van der Waals surface area contributed by atoms with E-state index in [9.17, 15) is 0 Å². The Morgan fingerprint density at radius 3 is 2.59 bits per heavy atom. The Balaban J connectivity index is 1.56. The molecular formula is C21H22N6. The summed E-state index contributed by atoms with van der Waals surface area (Å²) in [5.41, 5.74) is 5.35. The van der Waals surface area contributed by atoms with Gasteiger partial charge in [0.25, 0.3) is 0 Å². The van der Waals surface area contributed by atoms with Crippen molar-refractivity contribution in [2.75, 3.05) is 30.9 Å². The highest BCUT2D eigenvalue weighted by atomic mass is 15.3. The molecular weight excluding hydrogens is 336 g/mol.